The van der Waals surface area contributed by atoms with Crippen LogP contribution in [0.1, 0.15) is 162 Å². The molecule has 0 radical (unpaired) electrons. The number of halogens is 2. The maximum atomic E-state index is 13.8. The number of ether oxygens (including phenoxy) is 1. The zero-order valence-electron chi connectivity index (χ0n) is 46.7. The fourth-order valence-electron chi connectivity index (χ4n) is 10.2. The lowest BCUT2D eigenvalue weighted by molar-refractivity contribution is -0.142. The Morgan fingerprint density at radius 3 is 1.42 bits per heavy atom. The van der Waals surface area contributed by atoms with Gasteiger partial charge in [-0.25, -0.2) is 14.4 Å². The third kappa shape index (κ3) is 22.1. The van der Waals surface area contributed by atoms with Crippen molar-refractivity contribution in [3.63, 3.8) is 0 Å². The van der Waals surface area contributed by atoms with Gasteiger partial charge in [0, 0.05) is 54.3 Å². The van der Waals surface area contributed by atoms with E-state index in [9.17, 15) is 33.6 Å². The molecule has 0 spiro atoms. The summed E-state index contributed by atoms with van der Waals surface area (Å²) in [7, 11) is 3.12. The molecule has 2 aromatic heterocycles. The van der Waals surface area contributed by atoms with Gasteiger partial charge in [-0.05, 0) is 117 Å². The number of aliphatic carboxylic acids is 1. The smallest absolute Gasteiger partial charge is 0.410 e. The van der Waals surface area contributed by atoms with E-state index in [1.807, 2.05) is 60.7 Å². The van der Waals surface area contributed by atoms with Crippen molar-refractivity contribution in [1.29, 1.82) is 0 Å². The van der Waals surface area contributed by atoms with Crippen LogP contribution in [-0.2, 0) is 33.5 Å². The Balaban J connectivity index is 0.00000130. The number of carbonyl (C=O) groups excluding carboxylic acids is 6. The minimum absolute atomic E-state index is 0. The second-order valence-corrected chi connectivity index (χ2v) is 23.2. The maximum Gasteiger partial charge on any atom is 0.410 e. The van der Waals surface area contributed by atoms with Crippen molar-refractivity contribution in [2.24, 2.45) is 11.8 Å². The van der Waals surface area contributed by atoms with Crippen LogP contribution < -0.4 is 26.1 Å². The molecule has 6 atom stereocenters. The number of aromatic nitrogens is 4. The summed E-state index contributed by atoms with van der Waals surface area (Å²) in [6, 6.07) is 15.8. The summed E-state index contributed by atoms with van der Waals surface area (Å²) in [6.07, 6.45) is 12.7. The third-order valence-corrected chi connectivity index (χ3v) is 16.4. The molecule has 6 amide bonds. The monoisotopic (exact) mass is 1260 g/mol. The van der Waals surface area contributed by atoms with Gasteiger partial charge in [0.25, 0.3) is 0 Å². The van der Waals surface area contributed by atoms with Crippen LogP contribution >= 0.6 is 47.2 Å². The average Bonchev–Trinajstić information content (AvgIpc) is 4.35. The second kappa shape index (κ2) is 38.3. The highest BCUT2D eigenvalue weighted by Gasteiger charge is 2.43. The number of nitrogens with one attached hydrogen (secondary N) is 5. The Morgan fingerprint density at radius 1 is 0.647 bits per heavy atom. The maximum absolute atomic E-state index is 13.8. The molecule has 4 aliphatic rings. The lowest BCUT2D eigenvalue weighted by Crippen LogP contribution is -2.57. The summed E-state index contributed by atoms with van der Waals surface area (Å²) in [5, 5.41) is 30.1. The van der Waals surface area contributed by atoms with E-state index in [2.05, 4.69) is 45.3 Å². The Morgan fingerprint density at radius 2 is 1.05 bits per heavy atom. The number of nitrogens with zero attached hydrogens (tertiary/aromatic N) is 7. The molecule has 2 saturated heterocycles. The van der Waals surface area contributed by atoms with Crippen molar-refractivity contribution in [3.8, 4) is 22.5 Å². The molecule has 2 aliphatic heterocycles. The number of benzene rings is 2. The van der Waals surface area contributed by atoms with E-state index < -0.39 is 53.9 Å². The number of hydrogen-bond donors (Lipinski definition) is 6. The number of carboxylic acids is 1. The Hall–Kier alpha value is -5.85. The van der Waals surface area contributed by atoms with Crippen molar-refractivity contribution in [3.05, 3.63) is 60.7 Å². The molecular formula is C60H98Cl2N12O9S2. The fourth-order valence-corrected chi connectivity index (χ4v) is 11.7. The van der Waals surface area contributed by atoms with Gasteiger partial charge in [0.1, 0.15) is 57.2 Å². The molecule has 6 N–H and O–H groups in total. The zero-order chi connectivity index (χ0) is 57.2. The number of rotatable bonds is 16. The summed E-state index contributed by atoms with van der Waals surface area (Å²) in [5.74, 6) is -1.60. The number of hydrogen-bond acceptors (Lipinski definition) is 16. The van der Waals surface area contributed by atoms with Gasteiger partial charge in [0.2, 0.25) is 29.5 Å². The summed E-state index contributed by atoms with van der Waals surface area (Å²) in [5.41, 5.74) is 2.42. The Bertz CT molecular complexity index is 2650. The lowest BCUT2D eigenvalue weighted by atomic mass is 9.83. The molecular weight excluding hydrogens is 1170 g/mol. The molecule has 2 aromatic carbocycles. The van der Waals surface area contributed by atoms with Gasteiger partial charge >= 0.3 is 12.1 Å². The largest absolute Gasteiger partial charge is 0.480 e. The molecule has 4 fully saturated rings. The first-order valence-corrected chi connectivity index (χ1v) is 29.3. The highest BCUT2D eigenvalue weighted by molar-refractivity contribution is 7.11. The van der Waals surface area contributed by atoms with Gasteiger partial charge in [0.15, 0.2) is 0 Å². The van der Waals surface area contributed by atoms with Gasteiger partial charge in [-0.3, -0.25) is 28.9 Å². The first-order valence-electron chi connectivity index (χ1n) is 27.3. The number of likely N-dealkylation sites (N-methyl/N-ethyl adjacent to an activating group) is 2. The number of likely N-dealkylation sites (tertiary alicyclic amines) is 2. The minimum atomic E-state index is -1.06. The highest BCUT2D eigenvalue weighted by Crippen LogP contribution is 2.34. The molecule has 478 valence electrons. The van der Waals surface area contributed by atoms with E-state index in [0.29, 0.717) is 47.3 Å². The normalized spacial score (nSPS) is 17.9. The summed E-state index contributed by atoms with van der Waals surface area (Å²) < 4.78 is 13.0. The third-order valence-electron chi connectivity index (χ3n) is 14.9. The van der Waals surface area contributed by atoms with Gasteiger partial charge in [-0.2, -0.15) is 0 Å². The van der Waals surface area contributed by atoms with E-state index in [4.69, 9.17) is 21.6 Å². The van der Waals surface area contributed by atoms with Crippen LogP contribution in [0, 0.1) is 11.8 Å². The van der Waals surface area contributed by atoms with E-state index in [1.165, 1.54) is 20.4 Å². The molecule has 21 nitrogen and oxygen atoms in total. The number of anilines is 2. The van der Waals surface area contributed by atoms with Crippen molar-refractivity contribution in [1.82, 2.24) is 49.3 Å². The van der Waals surface area contributed by atoms with Crippen molar-refractivity contribution in [2.45, 2.75) is 203 Å². The molecule has 2 aliphatic carbocycles. The second-order valence-electron chi connectivity index (χ2n) is 21.5. The SMILES string of the molecule is C.C.C.C.C.CC(C(=O)O)N(C)C(=O)OC(C)(C)C.CNC(C)C(=O)N[C@H](C(=O)N1CCC[C@H]1C(=O)Nc1snnc1-c1ccccc1)C1CCCCC1.Cl.O=C(Nc1snnc1-c1ccccc1)[C@@H]1CCCN1C(=O)[C@@H](NCl)C1CCCCC1. The van der Waals surface area contributed by atoms with Crippen LogP contribution in [0.25, 0.3) is 22.5 Å². The van der Waals surface area contributed by atoms with Crippen LogP contribution in [0.3, 0.4) is 0 Å². The number of carbonyl (C=O) groups is 7. The molecule has 4 heterocycles. The van der Waals surface area contributed by atoms with Crippen molar-refractivity contribution in [2.75, 3.05) is 37.8 Å². The minimum Gasteiger partial charge on any atom is -0.480 e. The number of carboxylic acid groups (broad SMARTS) is 1. The fraction of sp³-hybridized carbons (Fsp3) is 0.617. The molecule has 2 unspecified atom stereocenters. The van der Waals surface area contributed by atoms with Crippen LogP contribution in [-0.4, -0.2) is 150 Å². The van der Waals surface area contributed by atoms with E-state index >= 15 is 0 Å². The zero-order valence-corrected chi connectivity index (χ0v) is 49.9. The molecule has 2 saturated carbocycles. The van der Waals surface area contributed by atoms with E-state index in [0.717, 1.165) is 110 Å². The van der Waals surface area contributed by atoms with E-state index in [1.54, 1.807) is 44.5 Å². The quantitative estimate of drug-likeness (QED) is 0.0569. The standard InChI is InChI=1S/C25H34N6O3S.C21H26ClN5O2S.C9H17NO4.5CH4.ClH/c1-16(26-2)22(32)27-21(18-12-7-4-8-13-18)25(34)31-15-9-14-19(31)23(33)28-24-20(29-30-35-24)17-10-5-3-6-11-17;22-24-18(15-10-5-2-6-11-15)21(29)27-13-7-12-16(27)19(28)23-20-17(25-26-30-20)14-8-3-1-4-9-14;1-6(7(11)12)10(5)8(13)14-9(2,3)4;;;;;;/h3,5-6,10-11,16,18-19,21,26H,4,7-9,12-15H2,1-2H3,(H,27,32)(H,28,33);1,3-4,8-9,15-16,18,24H,2,5-7,10-13H2,(H,23,28);6H,1-5H3,(H,11,12);5*1H4;1H/t16?,19-,21-;16-,18-;;;;;;;/m00......./s1. The number of amides is 6. The van der Waals surface area contributed by atoms with Crippen LogP contribution in [0.4, 0.5) is 14.8 Å². The Labute approximate surface area is 525 Å². The molecule has 25 heteroatoms. The first-order chi connectivity index (χ1) is 37.8. The van der Waals surface area contributed by atoms with Crippen LogP contribution in [0.2, 0.25) is 0 Å². The summed E-state index contributed by atoms with van der Waals surface area (Å²) in [6.45, 7) is 9.46. The van der Waals surface area contributed by atoms with Crippen molar-refractivity contribution < 1.29 is 43.4 Å². The van der Waals surface area contributed by atoms with Gasteiger partial charge < -0.3 is 40.9 Å². The Kier molecular flexibility index (Phi) is 35.7. The molecule has 0 bridgehead atoms. The van der Waals surface area contributed by atoms with Crippen LogP contribution in [0.15, 0.2) is 60.7 Å². The molecule has 4 aromatic rings. The van der Waals surface area contributed by atoms with Gasteiger partial charge in [0.05, 0.1) is 6.04 Å². The molecule has 85 heavy (non-hydrogen) atoms. The summed E-state index contributed by atoms with van der Waals surface area (Å²) >= 11 is 8.26. The van der Waals surface area contributed by atoms with Gasteiger partial charge in [-0.15, -0.1) is 22.6 Å². The predicted octanol–water partition coefficient (Wildman–Crippen LogP) is 11.6. The van der Waals surface area contributed by atoms with E-state index in [-0.39, 0.29) is 90.9 Å². The highest BCUT2D eigenvalue weighted by atomic mass is 35.5. The van der Waals surface area contributed by atoms with Gasteiger partial charge in [-0.1, -0.05) is 145 Å². The average molecular weight is 1270 g/mol. The van der Waals surface area contributed by atoms with Crippen molar-refractivity contribution >= 4 is 98.8 Å². The summed E-state index contributed by atoms with van der Waals surface area (Å²) in [4.78, 5) is 95.2. The lowest BCUT2D eigenvalue weighted by Gasteiger charge is -2.35. The molecule has 8 rings (SSSR count). The predicted molar refractivity (Wildman–Crippen MR) is 346 cm³/mol. The first kappa shape index (κ1) is 79.2. The van der Waals surface area contributed by atoms with Crippen LogP contribution in [0.5, 0.6) is 0 Å². The topological polar surface area (TPSA) is 270 Å².